The highest BCUT2D eigenvalue weighted by Crippen LogP contribution is 2.55. The first-order valence-corrected chi connectivity index (χ1v) is 9.40. The molecule has 0 bridgehead atoms. The van der Waals surface area contributed by atoms with Gasteiger partial charge in [-0.2, -0.15) is 0 Å². The molecule has 3 nitrogen and oxygen atoms in total. The first-order valence-electron chi connectivity index (χ1n) is 9.40. The lowest BCUT2D eigenvalue weighted by Crippen LogP contribution is -2.60. The van der Waals surface area contributed by atoms with Crippen molar-refractivity contribution in [3.8, 4) is 11.5 Å². The maximum atomic E-state index is 5.56. The Morgan fingerprint density at radius 3 is 2.38 bits per heavy atom. The fourth-order valence-electron chi connectivity index (χ4n) is 5.44. The van der Waals surface area contributed by atoms with Gasteiger partial charge in [-0.25, -0.2) is 0 Å². The maximum Gasteiger partial charge on any atom is 0.161 e. The number of fused-ring (bicyclic) bond motifs is 1. The number of methoxy groups -OCH3 is 2. The SMILES string of the molecule is CNC1(C2Cc3cc(OC)c(OC)cc32)CC(C)CCC1C(C)C. The third-order valence-corrected chi connectivity index (χ3v) is 6.66. The molecular weight excluding hydrogens is 298 g/mol. The van der Waals surface area contributed by atoms with Gasteiger partial charge in [0.2, 0.25) is 0 Å². The van der Waals surface area contributed by atoms with Gasteiger partial charge in [-0.15, -0.1) is 0 Å². The normalized spacial score (nSPS) is 32.2. The minimum Gasteiger partial charge on any atom is -0.493 e. The minimum absolute atomic E-state index is 0.207. The summed E-state index contributed by atoms with van der Waals surface area (Å²) in [4.78, 5) is 0. The van der Waals surface area contributed by atoms with Crippen LogP contribution in [0.2, 0.25) is 0 Å². The number of likely N-dealkylation sites (N-methyl/N-ethyl adjacent to an activating group) is 1. The van der Waals surface area contributed by atoms with Crippen LogP contribution >= 0.6 is 0 Å². The summed E-state index contributed by atoms with van der Waals surface area (Å²) in [6, 6.07) is 4.39. The number of hydrogen-bond acceptors (Lipinski definition) is 3. The molecule has 0 spiro atoms. The first-order chi connectivity index (χ1) is 11.5. The van der Waals surface area contributed by atoms with Gasteiger partial charge in [0.1, 0.15) is 0 Å². The summed E-state index contributed by atoms with van der Waals surface area (Å²) >= 11 is 0. The Morgan fingerprint density at radius 2 is 1.79 bits per heavy atom. The van der Waals surface area contributed by atoms with E-state index in [-0.39, 0.29) is 5.54 Å². The number of hydrogen-bond donors (Lipinski definition) is 1. The molecule has 0 aromatic heterocycles. The summed E-state index contributed by atoms with van der Waals surface area (Å²) in [7, 11) is 5.62. The Bertz CT molecular complexity index is 598. The lowest BCUT2D eigenvalue weighted by atomic mass is 9.54. The molecule has 4 unspecified atom stereocenters. The van der Waals surface area contributed by atoms with Crippen LogP contribution in [-0.4, -0.2) is 26.8 Å². The molecule has 0 amide bonds. The molecule has 0 heterocycles. The molecule has 1 aromatic rings. The zero-order valence-corrected chi connectivity index (χ0v) is 16.1. The molecule has 0 saturated heterocycles. The Kier molecular flexibility index (Phi) is 4.83. The van der Waals surface area contributed by atoms with Gasteiger partial charge in [0.05, 0.1) is 14.2 Å². The molecule has 0 aliphatic heterocycles. The standard InChI is InChI=1S/C21H33NO2/c1-13(2)17-8-7-14(3)12-21(17,22-4)18-9-15-10-19(23-5)20(24-6)11-16(15)18/h10-11,13-14,17-18,22H,7-9,12H2,1-6H3. The van der Waals surface area contributed by atoms with E-state index in [9.17, 15) is 0 Å². The van der Waals surface area contributed by atoms with Gasteiger partial charge in [0.15, 0.2) is 11.5 Å². The third kappa shape index (κ3) is 2.61. The predicted octanol–water partition coefficient (Wildman–Crippen LogP) is 4.39. The van der Waals surface area contributed by atoms with Gasteiger partial charge in [-0.05, 0) is 67.3 Å². The smallest absolute Gasteiger partial charge is 0.161 e. The average Bonchev–Trinajstić information content (AvgIpc) is 2.55. The molecule has 1 saturated carbocycles. The van der Waals surface area contributed by atoms with E-state index in [0.29, 0.717) is 11.8 Å². The summed E-state index contributed by atoms with van der Waals surface area (Å²) in [6.07, 6.45) is 5.11. The van der Waals surface area contributed by atoms with E-state index < -0.39 is 0 Å². The van der Waals surface area contributed by atoms with E-state index >= 15 is 0 Å². The van der Waals surface area contributed by atoms with Crippen molar-refractivity contribution in [2.45, 2.75) is 57.9 Å². The van der Waals surface area contributed by atoms with Gasteiger partial charge in [0, 0.05) is 11.5 Å². The fraction of sp³-hybridized carbons (Fsp3) is 0.714. The molecule has 1 aromatic carbocycles. The van der Waals surface area contributed by atoms with E-state index in [1.807, 2.05) is 0 Å². The van der Waals surface area contributed by atoms with Gasteiger partial charge in [0.25, 0.3) is 0 Å². The summed E-state index contributed by atoms with van der Waals surface area (Å²) in [5, 5.41) is 3.82. The minimum atomic E-state index is 0.207. The number of nitrogens with one attached hydrogen (secondary N) is 1. The van der Waals surface area contributed by atoms with E-state index in [1.165, 1.54) is 30.4 Å². The van der Waals surface area contributed by atoms with Crippen LogP contribution in [0.3, 0.4) is 0 Å². The Labute approximate surface area is 147 Å². The van der Waals surface area contributed by atoms with Crippen molar-refractivity contribution in [3.05, 3.63) is 23.3 Å². The molecule has 2 aliphatic carbocycles. The number of ether oxygens (including phenoxy) is 2. The second kappa shape index (κ2) is 6.59. The van der Waals surface area contributed by atoms with Crippen molar-refractivity contribution in [1.29, 1.82) is 0 Å². The second-order valence-electron chi connectivity index (χ2n) is 8.19. The van der Waals surface area contributed by atoms with Crippen LogP contribution in [0.1, 0.15) is 57.1 Å². The zero-order chi connectivity index (χ0) is 17.5. The number of benzene rings is 1. The van der Waals surface area contributed by atoms with Crippen molar-refractivity contribution in [2.24, 2.45) is 17.8 Å². The molecule has 134 valence electrons. The lowest BCUT2D eigenvalue weighted by molar-refractivity contribution is 0.0498. The molecule has 3 heteroatoms. The summed E-state index contributed by atoms with van der Waals surface area (Å²) in [5.74, 6) is 4.51. The second-order valence-corrected chi connectivity index (χ2v) is 8.19. The van der Waals surface area contributed by atoms with Crippen LogP contribution < -0.4 is 14.8 Å². The predicted molar refractivity (Wildman–Crippen MR) is 99.1 cm³/mol. The summed E-state index contributed by atoms with van der Waals surface area (Å²) in [5.41, 5.74) is 3.09. The largest absolute Gasteiger partial charge is 0.493 e. The van der Waals surface area contributed by atoms with Crippen molar-refractivity contribution in [1.82, 2.24) is 5.32 Å². The van der Waals surface area contributed by atoms with Crippen molar-refractivity contribution >= 4 is 0 Å². The first kappa shape index (κ1) is 17.6. The molecule has 3 rings (SSSR count). The lowest BCUT2D eigenvalue weighted by Gasteiger charge is -2.56. The maximum absolute atomic E-state index is 5.56. The van der Waals surface area contributed by atoms with Gasteiger partial charge >= 0.3 is 0 Å². The highest BCUT2D eigenvalue weighted by atomic mass is 16.5. The molecule has 1 N–H and O–H groups in total. The van der Waals surface area contributed by atoms with Crippen LogP contribution in [0.4, 0.5) is 0 Å². The molecule has 24 heavy (non-hydrogen) atoms. The van der Waals surface area contributed by atoms with Crippen LogP contribution in [0.15, 0.2) is 12.1 Å². The molecule has 1 fully saturated rings. The Morgan fingerprint density at radius 1 is 1.12 bits per heavy atom. The van der Waals surface area contributed by atoms with Gasteiger partial charge < -0.3 is 14.8 Å². The van der Waals surface area contributed by atoms with E-state index in [1.54, 1.807) is 14.2 Å². The molecule has 4 atom stereocenters. The molecule has 2 aliphatic rings. The summed E-state index contributed by atoms with van der Waals surface area (Å²) < 4.78 is 11.0. The van der Waals surface area contributed by atoms with Crippen molar-refractivity contribution < 1.29 is 9.47 Å². The van der Waals surface area contributed by atoms with Crippen LogP contribution in [0, 0.1) is 17.8 Å². The van der Waals surface area contributed by atoms with E-state index in [4.69, 9.17) is 9.47 Å². The zero-order valence-electron chi connectivity index (χ0n) is 16.1. The van der Waals surface area contributed by atoms with E-state index in [2.05, 4.69) is 45.3 Å². The van der Waals surface area contributed by atoms with E-state index in [0.717, 1.165) is 29.8 Å². The molecular formula is C21H33NO2. The van der Waals surface area contributed by atoms with Gasteiger partial charge in [-0.1, -0.05) is 27.2 Å². The molecule has 0 radical (unpaired) electrons. The average molecular weight is 332 g/mol. The van der Waals surface area contributed by atoms with Crippen molar-refractivity contribution in [2.75, 3.05) is 21.3 Å². The quantitative estimate of drug-likeness (QED) is 0.868. The highest BCUT2D eigenvalue weighted by Gasteiger charge is 2.52. The van der Waals surface area contributed by atoms with Gasteiger partial charge in [-0.3, -0.25) is 0 Å². The monoisotopic (exact) mass is 331 g/mol. The fourth-order valence-corrected chi connectivity index (χ4v) is 5.44. The van der Waals surface area contributed by atoms with Crippen LogP contribution in [0.25, 0.3) is 0 Å². The Balaban J connectivity index is 2.00. The van der Waals surface area contributed by atoms with Crippen molar-refractivity contribution in [3.63, 3.8) is 0 Å². The highest BCUT2D eigenvalue weighted by molar-refractivity contribution is 5.54. The Hall–Kier alpha value is -1.22. The number of rotatable bonds is 5. The third-order valence-electron chi connectivity index (χ3n) is 6.66. The van der Waals surface area contributed by atoms with Crippen LogP contribution in [0.5, 0.6) is 11.5 Å². The van der Waals surface area contributed by atoms with Crippen LogP contribution in [-0.2, 0) is 6.42 Å². The summed E-state index contributed by atoms with van der Waals surface area (Å²) in [6.45, 7) is 7.19. The topological polar surface area (TPSA) is 30.5 Å².